The van der Waals surface area contributed by atoms with Gasteiger partial charge in [-0.2, -0.15) is 0 Å². The highest BCUT2D eigenvalue weighted by atomic mass is 15.2. The maximum absolute atomic E-state index is 2.95. The van der Waals surface area contributed by atoms with Crippen molar-refractivity contribution in [1.29, 1.82) is 0 Å². The van der Waals surface area contributed by atoms with Gasteiger partial charge in [-0.25, -0.2) is 0 Å². The first-order valence-corrected chi connectivity index (χ1v) is 2.50. The molecular weight excluding hydrogens is 98.5 g/mol. The van der Waals surface area contributed by atoms with Crippen molar-refractivity contribution in [1.82, 2.24) is 14.6 Å². The molecule has 0 unspecified atom stereocenters. The van der Waals surface area contributed by atoms with Crippen LogP contribution in [0.3, 0.4) is 0 Å². The third-order valence-electron chi connectivity index (χ3n) is 0.921. The molecule has 1 aliphatic rings. The lowest BCUT2D eigenvalue weighted by atomic mass is 9.79. The molecule has 1 heterocycles. The average molecular weight is 106 g/mol. The van der Waals surface area contributed by atoms with E-state index in [1.54, 1.807) is 0 Å². The number of hydrogen-bond donors (Lipinski definition) is 1. The van der Waals surface area contributed by atoms with Crippen molar-refractivity contribution in [3.63, 3.8) is 0 Å². The van der Waals surface area contributed by atoms with Crippen LogP contribution < -0.4 is 5.14 Å². The molecule has 1 fully saturated rings. The minimum Gasteiger partial charge on any atom is -0.379 e. The Kier molecular flexibility index (Phi) is 1.99. The Bertz CT molecular complexity index is 70.9. The van der Waals surface area contributed by atoms with E-state index in [4.69, 9.17) is 0 Å². The van der Waals surface area contributed by atoms with Gasteiger partial charge in [0.25, 0.3) is 22.6 Å². The summed E-state index contributed by atoms with van der Waals surface area (Å²) in [6, 6.07) is 0. The van der Waals surface area contributed by atoms with Gasteiger partial charge in [-0.15, -0.1) is 0 Å². The normalized spacial score (nSPS) is 23.2. The summed E-state index contributed by atoms with van der Waals surface area (Å²) in [6.07, 6.45) is 0. The maximum Gasteiger partial charge on any atom is 0.289 e. The number of rotatable bonds is 0. The molecule has 39 valence electrons. The van der Waals surface area contributed by atoms with Gasteiger partial charge >= 0.3 is 0 Å². The van der Waals surface area contributed by atoms with E-state index in [1.165, 1.54) is 0 Å². The summed E-state index contributed by atoms with van der Waals surface area (Å²) in [6.45, 7) is 0. The Balaban J connectivity index is 2.23. The molecular formula is C2H7B3N3. The SMILES string of the molecule is CN1[B]N[B]N(C)[B]1. The molecule has 0 amide bonds. The molecule has 8 heavy (non-hydrogen) atoms. The monoisotopic (exact) mass is 106 g/mol. The van der Waals surface area contributed by atoms with Gasteiger partial charge in [0.2, 0.25) is 0 Å². The summed E-state index contributed by atoms with van der Waals surface area (Å²) >= 11 is 0. The molecule has 1 saturated heterocycles. The van der Waals surface area contributed by atoms with Gasteiger partial charge in [0.05, 0.1) is 0 Å². The summed E-state index contributed by atoms with van der Waals surface area (Å²) in [5.41, 5.74) is 0. The Morgan fingerprint density at radius 1 is 1.12 bits per heavy atom. The lowest BCUT2D eigenvalue weighted by Crippen LogP contribution is -2.56. The van der Waals surface area contributed by atoms with Crippen LogP contribution >= 0.6 is 0 Å². The highest BCUT2D eigenvalue weighted by Crippen LogP contribution is 1.81. The fourth-order valence-electron chi connectivity index (χ4n) is 0.622. The van der Waals surface area contributed by atoms with Gasteiger partial charge in [-0.3, -0.25) is 0 Å². The van der Waals surface area contributed by atoms with Crippen molar-refractivity contribution in [2.75, 3.05) is 14.1 Å². The van der Waals surface area contributed by atoms with Crippen molar-refractivity contribution < 1.29 is 0 Å². The highest BCUT2D eigenvalue weighted by Gasteiger charge is 2.14. The fraction of sp³-hybridized carbons (Fsp3) is 1.00. The van der Waals surface area contributed by atoms with E-state index in [-0.39, 0.29) is 0 Å². The first-order valence-electron chi connectivity index (χ1n) is 2.50. The van der Waals surface area contributed by atoms with Crippen molar-refractivity contribution in [3.05, 3.63) is 0 Å². The van der Waals surface area contributed by atoms with Gasteiger partial charge in [0, 0.05) is 0 Å². The molecule has 1 rings (SSSR count). The third-order valence-corrected chi connectivity index (χ3v) is 0.921. The third kappa shape index (κ3) is 1.54. The van der Waals surface area contributed by atoms with Crippen LogP contribution in [0.15, 0.2) is 0 Å². The lowest BCUT2D eigenvalue weighted by molar-refractivity contribution is 0.691. The second-order valence-corrected chi connectivity index (χ2v) is 1.87. The molecule has 0 aromatic carbocycles. The van der Waals surface area contributed by atoms with Crippen LogP contribution in [-0.4, -0.2) is 46.2 Å². The minimum absolute atomic E-state index is 1.88. The molecule has 1 aliphatic heterocycles. The summed E-state index contributed by atoms with van der Waals surface area (Å²) in [5.74, 6) is 0. The molecule has 0 aliphatic carbocycles. The van der Waals surface area contributed by atoms with Gasteiger partial charge in [0.15, 0.2) is 0 Å². The second-order valence-electron chi connectivity index (χ2n) is 1.87. The zero-order valence-electron chi connectivity index (χ0n) is 5.13. The Labute approximate surface area is 52.3 Å². The van der Waals surface area contributed by atoms with Crippen LogP contribution in [0, 0.1) is 0 Å². The van der Waals surface area contributed by atoms with Gasteiger partial charge < -0.3 is 14.6 Å². The quantitative estimate of drug-likeness (QED) is 0.362. The topological polar surface area (TPSA) is 18.5 Å². The van der Waals surface area contributed by atoms with E-state index in [0.29, 0.717) is 0 Å². The summed E-state index contributed by atoms with van der Waals surface area (Å²) < 4.78 is 3.89. The van der Waals surface area contributed by atoms with E-state index in [2.05, 4.69) is 5.14 Å². The van der Waals surface area contributed by atoms with E-state index >= 15 is 0 Å². The fourth-order valence-corrected chi connectivity index (χ4v) is 0.622. The predicted molar refractivity (Wildman–Crippen MR) is 35.9 cm³/mol. The Morgan fingerprint density at radius 3 is 1.88 bits per heavy atom. The largest absolute Gasteiger partial charge is 0.379 e. The standard InChI is InChI=1S/C2H7B3N3/c1-7-3-6-4-8(2)5-7/h6H,1-2H3. The van der Waals surface area contributed by atoms with Crippen molar-refractivity contribution in [2.24, 2.45) is 0 Å². The molecule has 3 nitrogen and oxygen atoms in total. The number of hydrogen-bond acceptors (Lipinski definition) is 3. The van der Waals surface area contributed by atoms with Gasteiger partial charge in [0.1, 0.15) is 0 Å². The molecule has 1 N–H and O–H groups in total. The van der Waals surface area contributed by atoms with E-state index in [1.807, 2.05) is 46.2 Å². The van der Waals surface area contributed by atoms with E-state index in [0.717, 1.165) is 0 Å². The summed E-state index contributed by atoms with van der Waals surface area (Å²) in [4.78, 5) is 0. The second kappa shape index (κ2) is 2.57. The van der Waals surface area contributed by atoms with E-state index < -0.39 is 0 Å². The molecule has 0 bridgehead atoms. The molecule has 0 atom stereocenters. The maximum atomic E-state index is 2.95. The van der Waals surface area contributed by atoms with Crippen molar-refractivity contribution in [2.45, 2.75) is 0 Å². The molecule has 0 aromatic rings. The van der Waals surface area contributed by atoms with Crippen LogP contribution in [0.5, 0.6) is 0 Å². The van der Waals surface area contributed by atoms with Crippen molar-refractivity contribution in [3.8, 4) is 0 Å². The van der Waals surface area contributed by atoms with Crippen LogP contribution in [0.4, 0.5) is 0 Å². The molecule has 3 radical (unpaired) electrons. The smallest absolute Gasteiger partial charge is 0.289 e. The van der Waals surface area contributed by atoms with Gasteiger partial charge in [-0.05, 0) is 14.1 Å². The summed E-state index contributed by atoms with van der Waals surface area (Å²) in [7, 11) is 9.66. The predicted octanol–water partition coefficient (Wildman–Crippen LogP) is -1.94. The number of nitrogens with one attached hydrogen (secondary N) is 1. The van der Waals surface area contributed by atoms with Crippen molar-refractivity contribution >= 4 is 22.6 Å². The molecule has 0 aromatic heterocycles. The van der Waals surface area contributed by atoms with Crippen LogP contribution in [0.2, 0.25) is 0 Å². The zero-order chi connectivity index (χ0) is 5.98. The van der Waals surface area contributed by atoms with E-state index in [9.17, 15) is 0 Å². The summed E-state index contributed by atoms with van der Waals surface area (Å²) in [5, 5.41) is 2.95. The average Bonchev–Trinajstić information content (AvgIpc) is 1.64. The van der Waals surface area contributed by atoms with Crippen LogP contribution in [0.1, 0.15) is 0 Å². The first-order chi connectivity index (χ1) is 3.79. The zero-order valence-corrected chi connectivity index (χ0v) is 5.13. The molecule has 0 saturated carbocycles. The highest BCUT2D eigenvalue weighted by molar-refractivity contribution is 6.64. The Morgan fingerprint density at radius 2 is 1.62 bits per heavy atom. The van der Waals surface area contributed by atoms with Gasteiger partial charge in [-0.1, -0.05) is 0 Å². The molecule has 0 spiro atoms. The first kappa shape index (κ1) is 6.20. The number of nitrogens with zero attached hydrogens (tertiary/aromatic N) is 2. The lowest BCUT2D eigenvalue weighted by Gasteiger charge is -2.27. The molecule has 6 heteroatoms. The minimum atomic E-state index is 1.88. The Hall–Kier alpha value is 0.0748. The van der Waals surface area contributed by atoms with Crippen LogP contribution in [-0.2, 0) is 0 Å². The van der Waals surface area contributed by atoms with Crippen LogP contribution in [0.25, 0.3) is 0 Å².